The molecule has 0 bridgehead atoms. The Morgan fingerprint density at radius 2 is 2.14 bits per heavy atom. The Bertz CT molecular complexity index is 460. The van der Waals surface area contributed by atoms with Crippen LogP contribution < -0.4 is 5.32 Å². The molecule has 1 N–H and O–H groups in total. The lowest BCUT2D eigenvalue weighted by Crippen LogP contribution is -2.32. The standard InChI is InChI=1S/C17H29N3O/c1-12(2)18-11-14-7-8-16-15(10-14)13(3)19-17(20-16)6-5-9-21-4/h12,14,18H,5-11H2,1-4H3. The molecule has 0 saturated heterocycles. The normalized spacial score (nSPS) is 18.0. The molecule has 1 unspecified atom stereocenters. The van der Waals surface area contributed by atoms with Gasteiger partial charge in [-0.15, -0.1) is 0 Å². The van der Waals surface area contributed by atoms with Crippen molar-refractivity contribution in [3.8, 4) is 0 Å². The monoisotopic (exact) mass is 291 g/mol. The highest BCUT2D eigenvalue weighted by Crippen LogP contribution is 2.26. The molecule has 1 atom stereocenters. The van der Waals surface area contributed by atoms with Crippen LogP contribution in [-0.4, -0.2) is 36.3 Å². The van der Waals surface area contributed by atoms with E-state index in [1.165, 1.54) is 23.4 Å². The highest BCUT2D eigenvalue weighted by Gasteiger charge is 2.22. The quantitative estimate of drug-likeness (QED) is 0.784. The van der Waals surface area contributed by atoms with Crippen LogP contribution in [0.4, 0.5) is 0 Å². The minimum atomic E-state index is 0.562. The number of aromatic nitrogens is 2. The lowest BCUT2D eigenvalue weighted by Gasteiger charge is -2.26. The fourth-order valence-electron chi connectivity index (χ4n) is 2.99. The van der Waals surface area contributed by atoms with Gasteiger partial charge in [0.15, 0.2) is 0 Å². The molecule has 1 aliphatic rings. The molecule has 2 rings (SSSR count). The van der Waals surface area contributed by atoms with E-state index in [0.717, 1.165) is 50.6 Å². The van der Waals surface area contributed by atoms with Gasteiger partial charge in [-0.25, -0.2) is 9.97 Å². The van der Waals surface area contributed by atoms with Crippen LogP contribution in [0.2, 0.25) is 0 Å². The molecular formula is C17H29N3O. The fourth-order valence-corrected chi connectivity index (χ4v) is 2.99. The van der Waals surface area contributed by atoms with E-state index < -0.39 is 0 Å². The predicted octanol–water partition coefficient (Wildman–Crippen LogP) is 2.47. The molecule has 0 aromatic carbocycles. The van der Waals surface area contributed by atoms with Crippen molar-refractivity contribution in [2.24, 2.45) is 5.92 Å². The third-order valence-electron chi connectivity index (χ3n) is 4.19. The highest BCUT2D eigenvalue weighted by molar-refractivity contribution is 5.28. The molecule has 118 valence electrons. The van der Waals surface area contributed by atoms with Gasteiger partial charge >= 0.3 is 0 Å². The number of aryl methyl sites for hydroxylation is 3. The summed E-state index contributed by atoms with van der Waals surface area (Å²) in [5.74, 6) is 1.71. The van der Waals surface area contributed by atoms with E-state index in [2.05, 4.69) is 26.1 Å². The summed E-state index contributed by atoms with van der Waals surface area (Å²) in [5, 5.41) is 3.56. The van der Waals surface area contributed by atoms with Gasteiger partial charge in [0.2, 0.25) is 0 Å². The summed E-state index contributed by atoms with van der Waals surface area (Å²) >= 11 is 0. The van der Waals surface area contributed by atoms with Gasteiger partial charge in [0, 0.05) is 37.6 Å². The highest BCUT2D eigenvalue weighted by atomic mass is 16.5. The molecule has 0 amide bonds. The van der Waals surface area contributed by atoms with Crippen molar-refractivity contribution >= 4 is 0 Å². The average molecular weight is 291 g/mol. The van der Waals surface area contributed by atoms with Crippen LogP contribution in [0.5, 0.6) is 0 Å². The molecule has 0 fully saturated rings. The molecule has 1 heterocycles. The summed E-state index contributed by atoms with van der Waals surface area (Å²) in [6.45, 7) is 8.43. The van der Waals surface area contributed by atoms with Gasteiger partial charge in [0.1, 0.15) is 5.82 Å². The number of ether oxygens (including phenoxy) is 1. The van der Waals surface area contributed by atoms with Crippen LogP contribution in [0.25, 0.3) is 0 Å². The molecule has 0 radical (unpaired) electrons. The number of methoxy groups -OCH3 is 1. The summed E-state index contributed by atoms with van der Waals surface area (Å²) in [6, 6.07) is 0.562. The molecular weight excluding hydrogens is 262 g/mol. The molecule has 0 spiro atoms. The maximum absolute atomic E-state index is 5.10. The number of hydrogen-bond acceptors (Lipinski definition) is 4. The maximum Gasteiger partial charge on any atom is 0.128 e. The zero-order valence-corrected chi connectivity index (χ0v) is 13.9. The second kappa shape index (κ2) is 7.85. The van der Waals surface area contributed by atoms with Crippen molar-refractivity contribution in [3.63, 3.8) is 0 Å². The Labute approximate surface area is 128 Å². The van der Waals surface area contributed by atoms with Crippen LogP contribution in [0, 0.1) is 12.8 Å². The largest absolute Gasteiger partial charge is 0.385 e. The van der Waals surface area contributed by atoms with Crippen molar-refractivity contribution in [1.82, 2.24) is 15.3 Å². The fraction of sp³-hybridized carbons (Fsp3) is 0.765. The van der Waals surface area contributed by atoms with E-state index in [-0.39, 0.29) is 0 Å². The molecule has 21 heavy (non-hydrogen) atoms. The Morgan fingerprint density at radius 1 is 1.33 bits per heavy atom. The summed E-state index contributed by atoms with van der Waals surface area (Å²) in [7, 11) is 1.74. The van der Waals surface area contributed by atoms with E-state index in [1.807, 2.05) is 0 Å². The first kappa shape index (κ1) is 16.4. The van der Waals surface area contributed by atoms with Crippen molar-refractivity contribution in [2.75, 3.05) is 20.3 Å². The Hall–Kier alpha value is -1.00. The molecule has 4 nitrogen and oxygen atoms in total. The Morgan fingerprint density at radius 3 is 2.86 bits per heavy atom. The number of rotatable bonds is 7. The van der Waals surface area contributed by atoms with Gasteiger partial charge in [-0.2, -0.15) is 0 Å². The van der Waals surface area contributed by atoms with Crippen LogP contribution in [0.15, 0.2) is 0 Å². The topological polar surface area (TPSA) is 47.0 Å². The van der Waals surface area contributed by atoms with Crippen LogP contribution >= 0.6 is 0 Å². The summed E-state index contributed by atoms with van der Waals surface area (Å²) < 4.78 is 5.10. The Kier molecular flexibility index (Phi) is 6.12. The summed E-state index contributed by atoms with van der Waals surface area (Å²) in [6.07, 6.45) is 5.37. The molecule has 0 saturated carbocycles. The lowest BCUT2D eigenvalue weighted by atomic mass is 9.85. The van der Waals surface area contributed by atoms with Gasteiger partial charge in [0.05, 0.1) is 0 Å². The van der Waals surface area contributed by atoms with Gasteiger partial charge in [-0.1, -0.05) is 13.8 Å². The Balaban J connectivity index is 2.00. The van der Waals surface area contributed by atoms with E-state index >= 15 is 0 Å². The summed E-state index contributed by atoms with van der Waals surface area (Å²) in [5.41, 5.74) is 3.87. The van der Waals surface area contributed by atoms with Crippen molar-refractivity contribution in [1.29, 1.82) is 0 Å². The molecule has 4 heteroatoms. The number of nitrogens with one attached hydrogen (secondary N) is 1. The third-order valence-corrected chi connectivity index (χ3v) is 4.19. The number of nitrogens with zero attached hydrogens (tertiary/aromatic N) is 2. The van der Waals surface area contributed by atoms with Crippen molar-refractivity contribution in [3.05, 3.63) is 22.8 Å². The number of fused-ring (bicyclic) bond motifs is 1. The zero-order chi connectivity index (χ0) is 15.2. The first-order valence-electron chi connectivity index (χ1n) is 8.17. The van der Waals surface area contributed by atoms with Gasteiger partial charge < -0.3 is 10.1 Å². The second-order valence-electron chi connectivity index (χ2n) is 6.42. The van der Waals surface area contributed by atoms with Crippen LogP contribution in [0.3, 0.4) is 0 Å². The van der Waals surface area contributed by atoms with E-state index in [1.54, 1.807) is 7.11 Å². The van der Waals surface area contributed by atoms with Gasteiger partial charge in [-0.3, -0.25) is 0 Å². The third kappa shape index (κ3) is 4.75. The second-order valence-corrected chi connectivity index (χ2v) is 6.42. The van der Waals surface area contributed by atoms with Crippen LogP contribution in [0.1, 0.15) is 49.5 Å². The first-order valence-corrected chi connectivity index (χ1v) is 8.17. The van der Waals surface area contributed by atoms with Gasteiger partial charge in [-0.05, 0) is 50.6 Å². The first-order chi connectivity index (χ1) is 10.1. The number of hydrogen-bond donors (Lipinski definition) is 1. The van der Waals surface area contributed by atoms with Gasteiger partial charge in [0.25, 0.3) is 0 Å². The minimum absolute atomic E-state index is 0.562. The molecule has 1 aromatic rings. The summed E-state index contributed by atoms with van der Waals surface area (Å²) in [4.78, 5) is 9.49. The minimum Gasteiger partial charge on any atom is -0.385 e. The van der Waals surface area contributed by atoms with E-state index in [0.29, 0.717) is 6.04 Å². The average Bonchev–Trinajstić information content (AvgIpc) is 2.45. The van der Waals surface area contributed by atoms with Crippen LogP contribution in [-0.2, 0) is 24.0 Å². The SMILES string of the molecule is COCCCc1nc(C)c2c(n1)CCC(CNC(C)C)C2. The van der Waals surface area contributed by atoms with Crippen molar-refractivity contribution in [2.45, 2.75) is 58.9 Å². The van der Waals surface area contributed by atoms with E-state index in [9.17, 15) is 0 Å². The molecule has 0 aliphatic heterocycles. The van der Waals surface area contributed by atoms with E-state index in [4.69, 9.17) is 14.7 Å². The maximum atomic E-state index is 5.10. The predicted molar refractivity (Wildman–Crippen MR) is 85.6 cm³/mol. The molecule has 1 aliphatic carbocycles. The van der Waals surface area contributed by atoms with Crippen molar-refractivity contribution < 1.29 is 4.74 Å². The lowest BCUT2D eigenvalue weighted by molar-refractivity contribution is 0.194. The molecule has 1 aromatic heterocycles. The smallest absolute Gasteiger partial charge is 0.128 e. The zero-order valence-electron chi connectivity index (χ0n) is 13.9.